The van der Waals surface area contributed by atoms with Crippen LogP contribution in [0.4, 0.5) is 5.13 Å². The third-order valence-corrected chi connectivity index (χ3v) is 2.68. The lowest BCUT2D eigenvalue weighted by Gasteiger charge is -2.32. The molecule has 1 aliphatic rings. The Morgan fingerprint density at radius 1 is 1.64 bits per heavy atom. The topological polar surface area (TPSA) is 37.8 Å². The van der Waals surface area contributed by atoms with Gasteiger partial charge in [0.05, 0.1) is 0 Å². The van der Waals surface area contributed by atoms with E-state index < -0.39 is 0 Å². The molecule has 3 nitrogen and oxygen atoms in total. The smallest absolute Gasteiger partial charge is 0.205 e. The van der Waals surface area contributed by atoms with Gasteiger partial charge in [-0.1, -0.05) is 18.3 Å². The molecule has 1 N–H and O–H groups in total. The van der Waals surface area contributed by atoms with E-state index in [1.807, 2.05) is 0 Å². The minimum atomic E-state index is 0.651. The summed E-state index contributed by atoms with van der Waals surface area (Å²) in [6, 6.07) is 0.651. The van der Waals surface area contributed by atoms with Gasteiger partial charge < -0.3 is 5.32 Å². The normalized spacial score (nSPS) is 29.5. The molecule has 0 radical (unpaired) electrons. The third-order valence-electron chi connectivity index (χ3n) is 2.06. The van der Waals surface area contributed by atoms with Gasteiger partial charge in [0.2, 0.25) is 5.13 Å². The van der Waals surface area contributed by atoms with Crippen LogP contribution in [-0.2, 0) is 0 Å². The lowest BCUT2D eigenvalue weighted by atomic mass is 9.82. The van der Waals surface area contributed by atoms with Crippen LogP contribution in [0.3, 0.4) is 0 Å². The van der Waals surface area contributed by atoms with Crippen molar-refractivity contribution in [3.8, 4) is 0 Å². The second kappa shape index (κ2) is 2.77. The molecule has 1 aromatic rings. The Kier molecular flexibility index (Phi) is 1.77. The molecule has 60 valence electrons. The third kappa shape index (κ3) is 1.50. The largest absolute Gasteiger partial charge is 0.357 e. The Morgan fingerprint density at radius 3 is 3.00 bits per heavy atom. The number of rotatable bonds is 2. The van der Waals surface area contributed by atoms with E-state index in [2.05, 4.69) is 22.4 Å². The first-order chi connectivity index (χ1) is 5.34. The maximum atomic E-state index is 3.92. The second-order valence-corrected chi connectivity index (χ2v) is 3.99. The zero-order chi connectivity index (χ0) is 7.68. The molecule has 0 atom stereocenters. The Labute approximate surface area is 69.8 Å². The van der Waals surface area contributed by atoms with Gasteiger partial charge in [-0.15, -0.1) is 10.2 Å². The molecule has 2 rings (SSSR count). The maximum absolute atomic E-state index is 3.92. The molecule has 1 saturated carbocycles. The highest BCUT2D eigenvalue weighted by molar-refractivity contribution is 7.13. The first kappa shape index (κ1) is 7.03. The molecule has 0 unspecified atom stereocenters. The molecule has 0 bridgehead atoms. The predicted molar refractivity (Wildman–Crippen MR) is 45.7 cm³/mol. The number of hydrogen-bond acceptors (Lipinski definition) is 4. The average Bonchev–Trinajstić information content (AvgIpc) is 2.36. The number of aromatic nitrogens is 2. The van der Waals surface area contributed by atoms with E-state index in [0.29, 0.717) is 6.04 Å². The SMILES string of the molecule is CC1CC(Nc2nncs2)C1. The van der Waals surface area contributed by atoms with Crippen molar-refractivity contribution in [1.82, 2.24) is 10.2 Å². The van der Waals surface area contributed by atoms with Crippen molar-refractivity contribution in [2.75, 3.05) is 5.32 Å². The fraction of sp³-hybridized carbons (Fsp3) is 0.714. The van der Waals surface area contributed by atoms with E-state index in [0.717, 1.165) is 11.0 Å². The van der Waals surface area contributed by atoms with E-state index in [-0.39, 0.29) is 0 Å². The van der Waals surface area contributed by atoms with Crippen LogP contribution in [0.5, 0.6) is 0 Å². The van der Waals surface area contributed by atoms with E-state index in [4.69, 9.17) is 0 Å². The molecule has 1 aliphatic carbocycles. The predicted octanol–water partition coefficient (Wildman–Crippen LogP) is 1.75. The first-order valence-electron chi connectivity index (χ1n) is 3.87. The maximum Gasteiger partial charge on any atom is 0.205 e. The van der Waals surface area contributed by atoms with Gasteiger partial charge in [0.25, 0.3) is 0 Å². The summed E-state index contributed by atoms with van der Waals surface area (Å²) in [6.07, 6.45) is 2.55. The molecule has 0 spiro atoms. The molecule has 0 saturated heterocycles. The zero-order valence-corrected chi connectivity index (χ0v) is 7.27. The van der Waals surface area contributed by atoms with E-state index in [1.54, 1.807) is 16.8 Å². The molecule has 1 heterocycles. The van der Waals surface area contributed by atoms with Gasteiger partial charge in [-0.05, 0) is 18.8 Å². The Bertz CT molecular complexity index is 216. The summed E-state index contributed by atoms with van der Waals surface area (Å²) in [5.41, 5.74) is 1.75. The summed E-state index contributed by atoms with van der Waals surface area (Å²) >= 11 is 1.57. The Hall–Kier alpha value is -0.640. The van der Waals surface area contributed by atoms with Gasteiger partial charge in [0.15, 0.2) is 0 Å². The van der Waals surface area contributed by atoms with E-state index in [9.17, 15) is 0 Å². The van der Waals surface area contributed by atoms with Gasteiger partial charge in [-0.25, -0.2) is 0 Å². The van der Waals surface area contributed by atoms with Crippen LogP contribution in [0, 0.1) is 5.92 Å². The lowest BCUT2D eigenvalue weighted by molar-refractivity contribution is 0.309. The molecule has 0 aliphatic heterocycles. The molecule has 1 fully saturated rings. The highest BCUT2D eigenvalue weighted by Crippen LogP contribution is 2.29. The van der Waals surface area contributed by atoms with Crippen LogP contribution in [-0.4, -0.2) is 16.2 Å². The lowest BCUT2D eigenvalue weighted by Crippen LogP contribution is -2.33. The summed E-state index contributed by atoms with van der Waals surface area (Å²) in [4.78, 5) is 0. The highest BCUT2D eigenvalue weighted by atomic mass is 32.1. The molecular formula is C7H11N3S. The van der Waals surface area contributed by atoms with Crippen molar-refractivity contribution in [2.24, 2.45) is 5.92 Å². The van der Waals surface area contributed by atoms with Crippen LogP contribution in [0.2, 0.25) is 0 Å². The molecule has 1 aromatic heterocycles. The fourth-order valence-corrected chi connectivity index (χ4v) is 1.95. The van der Waals surface area contributed by atoms with Gasteiger partial charge in [-0.2, -0.15) is 0 Å². The standard InChI is InChI=1S/C7H11N3S/c1-5-2-6(3-5)9-7-10-8-4-11-7/h4-6H,2-3H2,1H3,(H,9,10). The summed E-state index contributed by atoms with van der Waals surface area (Å²) < 4.78 is 0. The van der Waals surface area contributed by atoms with Gasteiger partial charge in [0.1, 0.15) is 5.51 Å². The number of nitrogens with one attached hydrogen (secondary N) is 1. The van der Waals surface area contributed by atoms with Crippen molar-refractivity contribution in [1.29, 1.82) is 0 Å². The van der Waals surface area contributed by atoms with Gasteiger partial charge in [0, 0.05) is 6.04 Å². The van der Waals surface area contributed by atoms with Crippen molar-refractivity contribution in [3.05, 3.63) is 5.51 Å². The molecule has 0 aromatic carbocycles. The zero-order valence-electron chi connectivity index (χ0n) is 6.45. The molecule has 0 amide bonds. The van der Waals surface area contributed by atoms with Crippen LogP contribution >= 0.6 is 11.3 Å². The van der Waals surface area contributed by atoms with E-state index >= 15 is 0 Å². The van der Waals surface area contributed by atoms with Crippen LogP contribution < -0.4 is 5.32 Å². The second-order valence-electron chi connectivity index (χ2n) is 3.16. The van der Waals surface area contributed by atoms with Crippen LogP contribution in [0.15, 0.2) is 5.51 Å². The van der Waals surface area contributed by atoms with Crippen molar-refractivity contribution in [3.63, 3.8) is 0 Å². The van der Waals surface area contributed by atoms with Crippen LogP contribution in [0.1, 0.15) is 19.8 Å². The summed E-state index contributed by atoms with van der Waals surface area (Å²) in [6.45, 7) is 2.28. The van der Waals surface area contributed by atoms with Crippen LogP contribution in [0.25, 0.3) is 0 Å². The average molecular weight is 169 g/mol. The first-order valence-corrected chi connectivity index (χ1v) is 4.75. The summed E-state index contributed by atoms with van der Waals surface area (Å²) in [7, 11) is 0. The molecule has 11 heavy (non-hydrogen) atoms. The number of nitrogens with zero attached hydrogens (tertiary/aromatic N) is 2. The fourth-order valence-electron chi connectivity index (χ4n) is 1.43. The van der Waals surface area contributed by atoms with E-state index in [1.165, 1.54) is 12.8 Å². The Balaban J connectivity index is 1.84. The minimum absolute atomic E-state index is 0.651. The summed E-state index contributed by atoms with van der Waals surface area (Å²) in [5, 5.41) is 12.0. The molecular weight excluding hydrogens is 158 g/mol. The van der Waals surface area contributed by atoms with Gasteiger partial charge in [-0.3, -0.25) is 0 Å². The van der Waals surface area contributed by atoms with Gasteiger partial charge >= 0.3 is 0 Å². The Morgan fingerprint density at radius 2 is 2.45 bits per heavy atom. The van der Waals surface area contributed by atoms with Crippen molar-refractivity contribution < 1.29 is 0 Å². The molecule has 4 heteroatoms. The van der Waals surface area contributed by atoms with Crippen molar-refractivity contribution >= 4 is 16.5 Å². The van der Waals surface area contributed by atoms with Crippen molar-refractivity contribution in [2.45, 2.75) is 25.8 Å². The number of hydrogen-bond donors (Lipinski definition) is 1. The number of anilines is 1. The minimum Gasteiger partial charge on any atom is -0.357 e. The monoisotopic (exact) mass is 169 g/mol. The quantitative estimate of drug-likeness (QED) is 0.733. The summed E-state index contributed by atoms with van der Waals surface area (Å²) in [5.74, 6) is 0.889. The highest BCUT2D eigenvalue weighted by Gasteiger charge is 2.25.